The van der Waals surface area contributed by atoms with E-state index in [9.17, 15) is 13.2 Å². The number of nitrogens with one attached hydrogen (secondary N) is 1. The second-order valence-electron chi connectivity index (χ2n) is 4.74. The second-order valence-corrected chi connectivity index (χ2v) is 4.74. The third-order valence-corrected chi connectivity index (χ3v) is 2.66. The fourth-order valence-corrected chi connectivity index (χ4v) is 1.59. The zero-order chi connectivity index (χ0) is 14.3. The monoisotopic (exact) mass is 275 g/mol. The number of hydrogen-bond donors (Lipinski definition) is 1. The lowest BCUT2D eigenvalue weighted by atomic mass is 10.0. The molecule has 0 aliphatic heterocycles. The fourth-order valence-electron chi connectivity index (χ4n) is 1.59. The van der Waals surface area contributed by atoms with E-state index in [0.717, 1.165) is 5.56 Å². The predicted molar refractivity (Wildman–Crippen MR) is 69.1 cm³/mol. The zero-order valence-electron chi connectivity index (χ0n) is 11.3. The summed E-state index contributed by atoms with van der Waals surface area (Å²) in [5, 5.41) is 3.04. The average molecular weight is 275 g/mol. The molecule has 0 radical (unpaired) electrons. The summed E-state index contributed by atoms with van der Waals surface area (Å²) in [5.74, 6) is 0.498. The fraction of sp³-hybridized carbons (Fsp3) is 0.571. The van der Waals surface area contributed by atoms with Gasteiger partial charge in [-0.3, -0.25) is 0 Å². The van der Waals surface area contributed by atoms with Gasteiger partial charge in [-0.05, 0) is 17.0 Å². The van der Waals surface area contributed by atoms with Crippen molar-refractivity contribution in [1.29, 1.82) is 0 Å². The maximum Gasteiger partial charge on any atom is 0.411 e. The normalized spacial score (nSPS) is 12.1. The topological polar surface area (TPSA) is 21.3 Å². The van der Waals surface area contributed by atoms with Crippen LogP contribution in [0, 0.1) is 0 Å². The number of alkyl halides is 3. The van der Waals surface area contributed by atoms with Crippen molar-refractivity contribution in [3.05, 3.63) is 35.4 Å². The molecule has 1 N–H and O–H groups in total. The first kappa shape index (κ1) is 16.0. The molecule has 0 saturated carbocycles. The van der Waals surface area contributed by atoms with Gasteiger partial charge in [0.05, 0.1) is 6.61 Å². The summed E-state index contributed by atoms with van der Waals surface area (Å²) in [4.78, 5) is 0. The Labute approximate surface area is 112 Å². The first-order chi connectivity index (χ1) is 8.88. The van der Waals surface area contributed by atoms with Crippen LogP contribution in [0.5, 0.6) is 0 Å². The van der Waals surface area contributed by atoms with Gasteiger partial charge in [0.2, 0.25) is 0 Å². The first-order valence-electron chi connectivity index (χ1n) is 6.32. The van der Waals surface area contributed by atoms with E-state index in [1.54, 1.807) is 0 Å². The average Bonchev–Trinajstić information content (AvgIpc) is 2.33. The third-order valence-electron chi connectivity index (χ3n) is 2.66. The highest BCUT2D eigenvalue weighted by atomic mass is 19.4. The SMILES string of the molecule is CC(C)c1ccc(CNCCOCC(F)(F)F)cc1. The molecular weight excluding hydrogens is 255 g/mol. The van der Waals surface area contributed by atoms with E-state index >= 15 is 0 Å². The molecule has 0 aliphatic rings. The zero-order valence-corrected chi connectivity index (χ0v) is 11.3. The lowest BCUT2D eigenvalue weighted by Crippen LogP contribution is -2.23. The Kier molecular flexibility index (Phi) is 6.31. The molecular formula is C14H20F3NO. The van der Waals surface area contributed by atoms with Crippen LogP contribution in [0.2, 0.25) is 0 Å². The molecule has 0 spiro atoms. The minimum Gasteiger partial charge on any atom is -0.371 e. The largest absolute Gasteiger partial charge is 0.411 e. The summed E-state index contributed by atoms with van der Waals surface area (Å²) >= 11 is 0. The smallest absolute Gasteiger partial charge is 0.371 e. The third kappa shape index (κ3) is 7.18. The molecule has 0 unspecified atom stereocenters. The van der Waals surface area contributed by atoms with Crippen LogP contribution >= 0.6 is 0 Å². The Morgan fingerprint density at radius 2 is 1.79 bits per heavy atom. The Hall–Kier alpha value is -1.07. The minimum absolute atomic E-state index is 0.0591. The van der Waals surface area contributed by atoms with Gasteiger partial charge in [-0.15, -0.1) is 0 Å². The lowest BCUT2D eigenvalue weighted by molar-refractivity contribution is -0.173. The van der Waals surface area contributed by atoms with Crippen molar-refractivity contribution < 1.29 is 17.9 Å². The summed E-state index contributed by atoms with van der Waals surface area (Å²) in [7, 11) is 0. The van der Waals surface area contributed by atoms with Gasteiger partial charge in [0, 0.05) is 13.1 Å². The van der Waals surface area contributed by atoms with E-state index in [4.69, 9.17) is 0 Å². The van der Waals surface area contributed by atoms with Crippen LogP contribution < -0.4 is 5.32 Å². The summed E-state index contributed by atoms with van der Waals surface area (Å²) in [6.45, 7) is 4.17. The number of rotatable bonds is 7. The van der Waals surface area contributed by atoms with E-state index in [2.05, 4.69) is 36.0 Å². The number of benzene rings is 1. The number of ether oxygens (including phenoxy) is 1. The van der Waals surface area contributed by atoms with Gasteiger partial charge in [-0.25, -0.2) is 0 Å². The van der Waals surface area contributed by atoms with E-state index in [0.29, 0.717) is 19.0 Å². The van der Waals surface area contributed by atoms with Crippen LogP contribution in [-0.2, 0) is 11.3 Å². The van der Waals surface area contributed by atoms with E-state index in [-0.39, 0.29) is 6.61 Å². The predicted octanol–water partition coefficient (Wildman–Crippen LogP) is 3.48. The number of halogens is 3. The van der Waals surface area contributed by atoms with Crippen LogP contribution in [0.25, 0.3) is 0 Å². The lowest BCUT2D eigenvalue weighted by Gasteiger charge is -2.09. The van der Waals surface area contributed by atoms with Gasteiger partial charge in [-0.2, -0.15) is 13.2 Å². The molecule has 0 aliphatic carbocycles. The highest BCUT2D eigenvalue weighted by Gasteiger charge is 2.27. The second kappa shape index (κ2) is 7.50. The standard InChI is InChI=1S/C14H20F3NO/c1-11(2)13-5-3-12(4-6-13)9-18-7-8-19-10-14(15,16)17/h3-6,11,18H,7-10H2,1-2H3. The molecule has 5 heteroatoms. The summed E-state index contributed by atoms with van der Waals surface area (Å²) in [5.41, 5.74) is 2.39. The van der Waals surface area contributed by atoms with Gasteiger partial charge in [0.1, 0.15) is 6.61 Å². The maximum atomic E-state index is 11.8. The molecule has 1 rings (SSSR count). The molecule has 2 nitrogen and oxygen atoms in total. The molecule has 1 aromatic rings. The number of hydrogen-bond acceptors (Lipinski definition) is 2. The Balaban J connectivity index is 2.16. The van der Waals surface area contributed by atoms with Crippen molar-refractivity contribution in [2.45, 2.75) is 32.5 Å². The summed E-state index contributed by atoms with van der Waals surface area (Å²) in [6, 6.07) is 8.20. The van der Waals surface area contributed by atoms with Crippen molar-refractivity contribution >= 4 is 0 Å². The molecule has 0 amide bonds. The van der Waals surface area contributed by atoms with E-state index < -0.39 is 12.8 Å². The van der Waals surface area contributed by atoms with Gasteiger partial charge in [0.15, 0.2) is 0 Å². The Morgan fingerprint density at radius 1 is 1.16 bits per heavy atom. The summed E-state index contributed by atoms with van der Waals surface area (Å²) in [6.07, 6.45) is -4.24. The van der Waals surface area contributed by atoms with Gasteiger partial charge < -0.3 is 10.1 Å². The first-order valence-corrected chi connectivity index (χ1v) is 6.32. The van der Waals surface area contributed by atoms with Crippen LogP contribution in [0.4, 0.5) is 13.2 Å². The van der Waals surface area contributed by atoms with E-state index in [1.807, 2.05) is 12.1 Å². The molecule has 0 saturated heterocycles. The highest BCUT2D eigenvalue weighted by molar-refractivity contribution is 5.24. The quantitative estimate of drug-likeness (QED) is 0.769. The van der Waals surface area contributed by atoms with Crippen molar-refractivity contribution in [2.24, 2.45) is 0 Å². The van der Waals surface area contributed by atoms with Crippen molar-refractivity contribution in [2.75, 3.05) is 19.8 Å². The molecule has 0 heterocycles. The molecule has 0 bridgehead atoms. The van der Waals surface area contributed by atoms with Gasteiger partial charge in [0.25, 0.3) is 0 Å². The molecule has 0 atom stereocenters. The van der Waals surface area contributed by atoms with Crippen molar-refractivity contribution in [3.63, 3.8) is 0 Å². The van der Waals surface area contributed by atoms with Crippen LogP contribution in [0.1, 0.15) is 30.9 Å². The highest BCUT2D eigenvalue weighted by Crippen LogP contribution is 2.15. The van der Waals surface area contributed by atoms with Gasteiger partial charge >= 0.3 is 6.18 Å². The molecule has 0 aromatic heterocycles. The summed E-state index contributed by atoms with van der Waals surface area (Å²) < 4.78 is 39.9. The Morgan fingerprint density at radius 3 is 2.32 bits per heavy atom. The van der Waals surface area contributed by atoms with Crippen molar-refractivity contribution in [3.8, 4) is 0 Å². The molecule has 0 fully saturated rings. The minimum atomic E-state index is -4.24. The maximum absolute atomic E-state index is 11.8. The van der Waals surface area contributed by atoms with Crippen LogP contribution in [0.15, 0.2) is 24.3 Å². The van der Waals surface area contributed by atoms with Crippen LogP contribution in [-0.4, -0.2) is 25.9 Å². The Bertz CT molecular complexity index is 360. The van der Waals surface area contributed by atoms with Crippen LogP contribution in [0.3, 0.4) is 0 Å². The van der Waals surface area contributed by atoms with Gasteiger partial charge in [-0.1, -0.05) is 38.1 Å². The van der Waals surface area contributed by atoms with Crippen molar-refractivity contribution in [1.82, 2.24) is 5.32 Å². The van der Waals surface area contributed by atoms with E-state index in [1.165, 1.54) is 5.56 Å². The molecule has 1 aromatic carbocycles. The molecule has 108 valence electrons. The molecule has 19 heavy (non-hydrogen) atoms.